The Morgan fingerprint density at radius 1 is 1.12 bits per heavy atom. The molecule has 0 fully saturated rings. The van der Waals surface area contributed by atoms with Gasteiger partial charge in [-0.3, -0.25) is 0 Å². The molecule has 1 aliphatic heterocycles. The Bertz CT molecular complexity index is 859. The molecule has 0 radical (unpaired) electrons. The summed E-state index contributed by atoms with van der Waals surface area (Å²) in [5, 5.41) is 4.17. The fraction of sp³-hybridized carbons (Fsp3) is 0.158. The number of hydrogen-bond acceptors (Lipinski definition) is 5. The lowest BCUT2D eigenvalue weighted by molar-refractivity contribution is -0.155. The second kappa shape index (κ2) is 6.68. The lowest BCUT2D eigenvalue weighted by Gasteiger charge is -2.24. The van der Waals surface area contributed by atoms with Crippen LogP contribution in [0.4, 0.5) is 0 Å². The molecule has 0 spiro atoms. The maximum absolute atomic E-state index is 12.2. The Morgan fingerprint density at radius 2 is 1.92 bits per heavy atom. The van der Waals surface area contributed by atoms with Crippen molar-refractivity contribution in [3.05, 3.63) is 72.6 Å². The molecule has 6 heteroatoms. The first-order chi connectivity index (χ1) is 12.3. The van der Waals surface area contributed by atoms with Gasteiger partial charge in [-0.25, -0.2) is 9.48 Å². The monoisotopic (exact) mass is 336 g/mol. The van der Waals surface area contributed by atoms with Crippen molar-refractivity contribution in [2.75, 3.05) is 6.61 Å². The molecule has 0 N–H and O–H groups in total. The second-order valence-corrected chi connectivity index (χ2v) is 5.59. The number of rotatable bonds is 4. The highest BCUT2D eigenvalue weighted by Gasteiger charge is 2.28. The Hall–Kier alpha value is -3.28. The van der Waals surface area contributed by atoms with E-state index in [0.29, 0.717) is 11.5 Å². The van der Waals surface area contributed by atoms with Gasteiger partial charge in [0, 0.05) is 12.4 Å². The predicted octanol–water partition coefficient (Wildman–Crippen LogP) is 2.76. The number of esters is 1. The van der Waals surface area contributed by atoms with E-state index in [1.807, 2.05) is 48.7 Å². The Kier molecular flexibility index (Phi) is 4.08. The summed E-state index contributed by atoms with van der Waals surface area (Å²) < 4.78 is 18.3. The third-order valence-electron chi connectivity index (χ3n) is 3.86. The summed E-state index contributed by atoms with van der Waals surface area (Å²) in [6, 6.07) is 16.8. The third-order valence-corrected chi connectivity index (χ3v) is 3.86. The van der Waals surface area contributed by atoms with Gasteiger partial charge in [0.2, 0.25) is 6.10 Å². The molecular weight excluding hydrogens is 320 g/mol. The number of hydrogen-bond donors (Lipinski definition) is 0. The summed E-state index contributed by atoms with van der Waals surface area (Å²) in [5.74, 6) is 0.755. The third kappa shape index (κ3) is 3.33. The van der Waals surface area contributed by atoms with Crippen LogP contribution >= 0.6 is 0 Å². The van der Waals surface area contributed by atoms with Crippen LogP contribution in [0.15, 0.2) is 67.0 Å². The smallest absolute Gasteiger partial charge is 0.351 e. The summed E-state index contributed by atoms with van der Waals surface area (Å²) >= 11 is 0. The Labute approximate surface area is 144 Å². The summed E-state index contributed by atoms with van der Waals surface area (Å²) in [6.07, 6.45) is 2.84. The van der Waals surface area contributed by atoms with Crippen molar-refractivity contribution in [1.82, 2.24) is 9.78 Å². The van der Waals surface area contributed by atoms with Crippen LogP contribution in [0, 0.1) is 0 Å². The maximum atomic E-state index is 12.2. The largest absolute Gasteiger partial charge is 0.485 e. The van der Waals surface area contributed by atoms with Gasteiger partial charge < -0.3 is 14.2 Å². The highest BCUT2D eigenvalue weighted by molar-refractivity contribution is 5.76. The number of carbonyl (C=O) groups is 1. The van der Waals surface area contributed by atoms with E-state index in [4.69, 9.17) is 14.2 Å². The minimum atomic E-state index is -0.752. The van der Waals surface area contributed by atoms with E-state index in [2.05, 4.69) is 5.10 Å². The van der Waals surface area contributed by atoms with Gasteiger partial charge in [0.25, 0.3) is 0 Å². The fourth-order valence-corrected chi connectivity index (χ4v) is 2.55. The van der Waals surface area contributed by atoms with Crippen molar-refractivity contribution < 1.29 is 19.0 Å². The van der Waals surface area contributed by atoms with Crippen LogP contribution in [0.1, 0.15) is 5.56 Å². The highest BCUT2D eigenvalue weighted by atomic mass is 16.6. The van der Waals surface area contributed by atoms with Crippen LogP contribution < -0.4 is 9.47 Å². The van der Waals surface area contributed by atoms with Crippen molar-refractivity contribution >= 4 is 5.97 Å². The van der Waals surface area contributed by atoms with Crippen molar-refractivity contribution in [3.63, 3.8) is 0 Å². The summed E-state index contributed by atoms with van der Waals surface area (Å²) in [5.41, 5.74) is 1.84. The molecule has 4 rings (SSSR count). The van der Waals surface area contributed by atoms with Crippen molar-refractivity contribution in [1.29, 1.82) is 0 Å². The zero-order chi connectivity index (χ0) is 17.1. The van der Waals surface area contributed by atoms with Crippen LogP contribution in [0.3, 0.4) is 0 Å². The lowest BCUT2D eigenvalue weighted by Crippen LogP contribution is -2.37. The van der Waals surface area contributed by atoms with Gasteiger partial charge in [-0.2, -0.15) is 5.10 Å². The van der Waals surface area contributed by atoms with Crippen molar-refractivity contribution in [2.24, 2.45) is 0 Å². The molecule has 1 atom stereocenters. The highest BCUT2D eigenvalue weighted by Crippen LogP contribution is 2.31. The molecule has 2 heterocycles. The van der Waals surface area contributed by atoms with E-state index < -0.39 is 12.1 Å². The number of para-hydroxylation sites is 2. The number of carbonyl (C=O) groups excluding carboxylic acids is 1. The normalized spacial score (nSPS) is 15.6. The first-order valence-corrected chi connectivity index (χ1v) is 7.94. The summed E-state index contributed by atoms with van der Waals surface area (Å²) in [4.78, 5) is 12.2. The van der Waals surface area contributed by atoms with Crippen LogP contribution in [0.25, 0.3) is 5.69 Å². The van der Waals surface area contributed by atoms with Crippen LogP contribution in [-0.4, -0.2) is 28.5 Å². The number of fused-ring (bicyclic) bond motifs is 1. The maximum Gasteiger partial charge on any atom is 0.351 e. The van der Waals surface area contributed by atoms with Crippen molar-refractivity contribution in [3.8, 4) is 17.2 Å². The zero-order valence-corrected chi connectivity index (χ0v) is 13.4. The predicted molar refractivity (Wildman–Crippen MR) is 89.7 cm³/mol. The number of nitrogens with zero attached hydrogens (tertiary/aromatic N) is 2. The standard InChI is InChI=1S/C19H16N2O4/c22-19(18-13-23-16-4-1-2-5-17(16)25-18)24-12-14-6-8-15(9-7-14)21-11-3-10-20-21/h1-11,18H,12-13H2/t18-/m0/s1. The van der Waals surface area contributed by atoms with Gasteiger partial charge in [0.1, 0.15) is 13.2 Å². The topological polar surface area (TPSA) is 62.6 Å². The molecule has 6 nitrogen and oxygen atoms in total. The average molecular weight is 336 g/mol. The molecule has 25 heavy (non-hydrogen) atoms. The van der Waals surface area contributed by atoms with E-state index in [1.54, 1.807) is 23.0 Å². The first-order valence-electron chi connectivity index (χ1n) is 7.94. The zero-order valence-electron chi connectivity index (χ0n) is 13.4. The van der Waals surface area contributed by atoms with Gasteiger partial charge in [0.15, 0.2) is 11.5 Å². The van der Waals surface area contributed by atoms with Crippen LogP contribution in [0.5, 0.6) is 11.5 Å². The molecule has 0 bridgehead atoms. The van der Waals surface area contributed by atoms with Gasteiger partial charge in [0.05, 0.1) is 5.69 Å². The quantitative estimate of drug-likeness (QED) is 0.686. The van der Waals surface area contributed by atoms with Crippen molar-refractivity contribution in [2.45, 2.75) is 12.7 Å². The van der Waals surface area contributed by atoms with Gasteiger partial charge in [-0.05, 0) is 35.9 Å². The van der Waals surface area contributed by atoms with E-state index in [9.17, 15) is 4.79 Å². The molecule has 0 amide bonds. The van der Waals surface area contributed by atoms with Gasteiger partial charge in [-0.15, -0.1) is 0 Å². The van der Waals surface area contributed by atoms with Gasteiger partial charge in [-0.1, -0.05) is 24.3 Å². The second-order valence-electron chi connectivity index (χ2n) is 5.59. The van der Waals surface area contributed by atoms with E-state index in [-0.39, 0.29) is 13.2 Å². The fourth-order valence-electron chi connectivity index (χ4n) is 2.55. The molecule has 2 aromatic carbocycles. The van der Waals surface area contributed by atoms with Crippen LogP contribution in [0.2, 0.25) is 0 Å². The van der Waals surface area contributed by atoms with E-state index >= 15 is 0 Å². The average Bonchev–Trinajstić information content (AvgIpc) is 3.21. The minimum Gasteiger partial charge on any atom is -0.485 e. The molecule has 1 aromatic heterocycles. The van der Waals surface area contributed by atoms with E-state index in [1.165, 1.54) is 0 Å². The molecular formula is C19H16N2O4. The molecule has 0 aliphatic carbocycles. The Balaban J connectivity index is 1.35. The number of benzene rings is 2. The molecule has 0 saturated carbocycles. The summed E-state index contributed by atoms with van der Waals surface area (Å²) in [7, 11) is 0. The van der Waals surface area contributed by atoms with E-state index in [0.717, 1.165) is 11.3 Å². The molecule has 1 aliphatic rings. The van der Waals surface area contributed by atoms with Gasteiger partial charge >= 0.3 is 5.97 Å². The minimum absolute atomic E-state index is 0.147. The SMILES string of the molecule is O=C(OCc1ccc(-n2cccn2)cc1)[C@@H]1COc2ccccc2O1. The first kappa shape index (κ1) is 15.3. The number of aromatic nitrogens is 2. The molecule has 126 valence electrons. The van der Waals surface area contributed by atoms with Crippen LogP contribution in [-0.2, 0) is 16.1 Å². The lowest BCUT2D eigenvalue weighted by atomic mass is 10.2. The number of ether oxygens (including phenoxy) is 3. The Morgan fingerprint density at radius 3 is 2.68 bits per heavy atom. The summed E-state index contributed by atoms with van der Waals surface area (Å²) in [6.45, 7) is 0.327. The molecule has 3 aromatic rings. The molecule has 0 saturated heterocycles. The molecule has 0 unspecified atom stereocenters.